The van der Waals surface area contributed by atoms with Gasteiger partial charge in [0.25, 0.3) is 0 Å². The number of benzene rings is 1. The number of aliphatic hydroxyl groups excluding tert-OH is 1. The molecule has 1 aromatic rings. The maximum absolute atomic E-state index is 9.84. The molecule has 0 heterocycles. The van der Waals surface area contributed by atoms with Crippen LogP contribution in [-0.2, 0) is 0 Å². The number of aliphatic hydroxyl groups is 1. The van der Waals surface area contributed by atoms with Crippen LogP contribution in [0.15, 0.2) is 30.3 Å². The maximum atomic E-state index is 9.84. The number of likely N-dealkylation sites (N-methyl/N-ethyl adjacent to an activating group) is 1. The molecule has 0 unspecified atom stereocenters. The highest BCUT2D eigenvalue weighted by Crippen LogP contribution is 2.15. The molecule has 13 heavy (non-hydrogen) atoms. The molecule has 2 nitrogen and oxygen atoms in total. The summed E-state index contributed by atoms with van der Waals surface area (Å²) in [6.45, 7) is -0.584. The molecule has 0 aliphatic heterocycles. The maximum Gasteiger partial charge on any atom is 0.0940 e. The Morgan fingerprint density at radius 2 is 2.00 bits per heavy atom. The molecular weight excluding hydrogens is 186 g/mol. The molecule has 0 saturated heterocycles. The van der Waals surface area contributed by atoms with E-state index in [2.05, 4.69) is 5.32 Å². The largest absolute Gasteiger partial charge is 0.387 e. The molecule has 0 fully saturated rings. The Hall–Kier alpha value is -0.570. The van der Waals surface area contributed by atoms with Crippen molar-refractivity contribution >= 4 is 12.4 Å². The fourth-order valence-corrected chi connectivity index (χ4v) is 1.02. The lowest BCUT2D eigenvalue weighted by Gasteiger charge is -2.17. The highest BCUT2D eigenvalue weighted by Gasteiger charge is 2.12. The van der Waals surface area contributed by atoms with Crippen LogP contribution >= 0.6 is 12.4 Å². The summed E-state index contributed by atoms with van der Waals surface area (Å²) in [6, 6.07) is 8.48. The van der Waals surface area contributed by atoms with E-state index in [-0.39, 0.29) is 12.4 Å². The van der Waals surface area contributed by atoms with Crippen LogP contribution < -0.4 is 5.32 Å². The normalized spacial score (nSPS) is 18.8. The lowest BCUT2D eigenvalue weighted by atomic mass is 10.0. The Kier molecular flexibility index (Phi) is 3.58. The van der Waals surface area contributed by atoms with Gasteiger partial charge in [-0.15, -0.1) is 12.4 Å². The quantitative estimate of drug-likeness (QED) is 0.787. The number of hydrogen-bond donors (Lipinski definition) is 2. The van der Waals surface area contributed by atoms with Crippen molar-refractivity contribution in [3.8, 4) is 0 Å². The fourth-order valence-electron chi connectivity index (χ4n) is 1.02. The zero-order valence-corrected chi connectivity index (χ0v) is 8.21. The second-order valence-corrected chi connectivity index (χ2v) is 2.79. The van der Waals surface area contributed by atoms with Crippen molar-refractivity contribution in [2.75, 3.05) is 6.98 Å². The van der Waals surface area contributed by atoms with Crippen molar-refractivity contribution in [2.24, 2.45) is 0 Å². The predicted molar refractivity (Wildman–Crippen MR) is 57.2 cm³/mol. The lowest BCUT2D eigenvalue weighted by molar-refractivity contribution is 0.140. The van der Waals surface area contributed by atoms with Crippen LogP contribution in [0.2, 0.25) is 0 Å². The Balaban J connectivity index is 0.00000225. The highest BCUT2D eigenvalue weighted by molar-refractivity contribution is 5.85. The summed E-state index contributed by atoms with van der Waals surface area (Å²) in [7, 11) is 0. The lowest BCUT2D eigenvalue weighted by Crippen LogP contribution is -2.28. The van der Waals surface area contributed by atoms with Crippen molar-refractivity contribution in [3.63, 3.8) is 0 Å². The Morgan fingerprint density at radius 3 is 2.54 bits per heavy atom. The minimum absolute atomic E-state index is 0. The van der Waals surface area contributed by atoms with Gasteiger partial charge in [-0.05, 0) is 19.5 Å². The molecule has 3 heteroatoms. The molecule has 0 aliphatic rings. The van der Waals surface area contributed by atoms with Gasteiger partial charge in [0.05, 0.1) is 6.10 Å². The predicted octanol–water partition coefficient (Wildman–Crippen LogP) is 1.75. The third kappa shape index (κ3) is 3.35. The SMILES string of the molecule is Cl.[2H]C([2H])([2H])N[C@@H](C)[C@@H](O)c1ccccc1. The Morgan fingerprint density at radius 1 is 1.38 bits per heavy atom. The smallest absolute Gasteiger partial charge is 0.0940 e. The number of halogens is 1. The molecule has 0 radical (unpaired) electrons. The van der Waals surface area contributed by atoms with Crippen LogP contribution in [0.3, 0.4) is 0 Å². The second kappa shape index (κ2) is 5.97. The van der Waals surface area contributed by atoms with E-state index in [1.807, 2.05) is 6.07 Å². The second-order valence-electron chi connectivity index (χ2n) is 2.79. The average molecular weight is 205 g/mol. The molecule has 0 saturated carbocycles. The summed E-state index contributed by atoms with van der Waals surface area (Å²) in [5, 5.41) is 12.2. The monoisotopic (exact) mass is 204 g/mol. The fraction of sp³-hybridized carbons (Fsp3) is 0.400. The molecule has 1 aromatic carbocycles. The van der Waals surface area contributed by atoms with Crippen molar-refractivity contribution < 1.29 is 9.22 Å². The van der Waals surface area contributed by atoms with Gasteiger partial charge in [0.1, 0.15) is 0 Å². The Bertz CT molecular complexity index is 305. The van der Waals surface area contributed by atoms with Crippen LogP contribution in [0, 0.1) is 0 Å². The topological polar surface area (TPSA) is 32.3 Å². The van der Waals surface area contributed by atoms with Gasteiger partial charge in [-0.1, -0.05) is 30.3 Å². The zero-order chi connectivity index (χ0) is 11.5. The number of nitrogens with one attached hydrogen (secondary N) is 1. The number of hydrogen-bond acceptors (Lipinski definition) is 2. The van der Waals surface area contributed by atoms with Crippen molar-refractivity contribution in [3.05, 3.63) is 35.9 Å². The summed E-state index contributed by atoms with van der Waals surface area (Å²) < 4.78 is 21.1. The first-order valence-corrected chi connectivity index (χ1v) is 3.91. The molecule has 0 bridgehead atoms. The van der Waals surface area contributed by atoms with Crippen LogP contribution in [0.4, 0.5) is 0 Å². The minimum Gasteiger partial charge on any atom is -0.387 e. The zero-order valence-electron chi connectivity index (χ0n) is 10.4. The van der Waals surface area contributed by atoms with Gasteiger partial charge >= 0.3 is 0 Å². The first-order valence-electron chi connectivity index (χ1n) is 5.41. The van der Waals surface area contributed by atoms with E-state index < -0.39 is 19.1 Å². The standard InChI is InChI=1S/C10H15NO.ClH/c1-8(11-2)10(12)9-6-4-3-5-7-9;/h3-8,10-12H,1-2H3;1H/t8-,10+;/m0./s1/i2D3;. The first kappa shape index (κ1) is 7.80. The third-order valence-corrected chi connectivity index (χ3v) is 1.84. The number of rotatable bonds is 3. The van der Waals surface area contributed by atoms with E-state index in [1.165, 1.54) is 0 Å². The summed E-state index contributed by atoms with van der Waals surface area (Å²) in [5.41, 5.74) is 0.710. The van der Waals surface area contributed by atoms with Crippen molar-refractivity contribution in [2.45, 2.75) is 19.1 Å². The van der Waals surface area contributed by atoms with Gasteiger partial charge in [-0.3, -0.25) is 0 Å². The van der Waals surface area contributed by atoms with E-state index in [1.54, 1.807) is 31.2 Å². The summed E-state index contributed by atoms with van der Waals surface area (Å²) in [4.78, 5) is 0. The summed E-state index contributed by atoms with van der Waals surface area (Å²) in [5.74, 6) is 0. The molecule has 2 atom stereocenters. The van der Waals surface area contributed by atoms with E-state index in [9.17, 15) is 5.11 Å². The molecule has 0 aromatic heterocycles. The van der Waals surface area contributed by atoms with Crippen LogP contribution in [-0.4, -0.2) is 18.1 Å². The molecule has 2 N–H and O–H groups in total. The van der Waals surface area contributed by atoms with E-state index >= 15 is 0 Å². The van der Waals surface area contributed by atoms with Gasteiger partial charge in [-0.2, -0.15) is 0 Å². The van der Waals surface area contributed by atoms with Crippen LogP contribution in [0.5, 0.6) is 0 Å². The Labute approximate surface area is 89.6 Å². The van der Waals surface area contributed by atoms with Gasteiger partial charge in [0.2, 0.25) is 0 Å². The molecule has 0 spiro atoms. The average Bonchev–Trinajstić information content (AvgIpc) is 2.15. The molecular formula is C10H16ClNO. The summed E-state index contributed by atoms with van der Waals surface area (Å²) >= 11 is 0. The third-order valence-electron chi connectivity index (χ3n) is 1.84. The minimum atomic E-state index is -2.23. The van der Waals surface area contributed by atoms with E-state index in [0.717, 1.165) is 0 Å². The van der Waals surface area contributed by atoms with Crippen molar-refractivity contribution in [1.82, 2.24) is 5.32 Å². The molecule has 0 aliphatic carbocycles. The van der Waals surface area contributed by atoms with Gasteiger partial charge in [-0.25, -0.2) is 0 Å². The van der Waals surface area contributed by atoms with Gasteiger partial charge < -0.3 is 10.4 Å². The summed E-state index contributed by atoms with van der Waals surface area (Å²) in [6.07, 6.45) is -0.813. The van der Waals surface area contributed by atoms with Crippen LogP contribution in [0.25, 0.3) is 0 Å². The molecule has 1 rings (SSSR count). The van der Waals surface area contributed by atoms with Gasteiger partial charge in [0, 0.05) is 10.2 Å². The highest BCUT2D eigenvalue weighted by atomic mass is 35.5. The first-order chi connectivity index (χ1) is 6.90. The molecule has 74 valence electrons. The van der Waals surface area contributed by atoms with Crippen molar-refractivity contribution in [1.29, 1.82) is 0 Å². The van der Waals surface area contributed by atoms with Crippen LogP contribution in [0.1, 0.15) is 22.7 Å². The van der Waals surface area contributed by atoms with E-state index in [0.29, 0.717) is 5.56 Å². The van der Waals surface area contributed by atoms with E-state index in [4.69, 9.17) is 4.11 Å². The molecule has 0 amide bonds. The van der Waals surface area contributed by atoms with Gasteiger partial charge in [0.15, 0.2) is 0 Å².